The number of carbonyl (C=O) groups excluding carboxylic acids is 3. The van der Waals surface area contributed by atoms with Gasteiger partial charge in [0, 0.05) is 19.2 Å². The molecule has 31 heavy (non-hydrogen) atoms. The highest BCUT2D eigenvalue weighted by Gasteiger charge is 2.51. The number of nitrogens with zero attached hydrogens (tertiary/aromatic N) is 3. The highest BCUT2D eigenvalue weighted by molar-refractivity contribution is 6.07. The molecule has 1 saturated heterocycles. The van der Waals surface area contributed by atoms with Gasteiger partial charge in [-0.15, -0.1) is 0 Å². The average molecular weight is 425 g/mol. The third-order valence-corrected chi connectivity index (χ3v) is 5.96. The molecule has 1 aromatic heterocycles. The zero-order chi connectivity index (χ0) is 21.8. The van der Waals surface area contributed by atoms with E-state index in [1.807, 2.05) is 36.5 Å². The highest BCUT2D eigenvalue weighted by atomic mass is 16.5. The number of carbonyl (C=O) groups is 3. The van der Waals surface area contributed by atoms with Gasteiger partial charge in [-0.1, -0.05) is 19.3 Å². The van der Waals surface area contributed by atoms with Crippen LogP contribution in [0.2, 0.25) is 0 Å². The SMILES string of the molecule is COc1ccc(-n2ccc(CNC(=O)CCN3C(=O)NC4(CCCCC4)C3=O)n2)cc1. The predicted molar refractivity (Wildman–Crippen MR) is 113 cm³/mol. The minimum absolute atomic E-state index is 0.0639. The van der Waals surface area contributed by atoms with Crippen LogP contribution in [-0.4, -0.2) is 51.7 Å². The smallest absolute Gasteiger partial charge is 0.325 e. The van der Waals surface area contributed by atoms with E-state index in [1.165, 1.54) is 4.90 Å². The predicted octanol–water partition coefficient (Wildman–Crippen LogP) is 2.14. The van der Waals surface area contributed by atoms with Crippen LogP contribution in [0.15, 0.2) is 36.5 Å². The lowest BCUT2D eigenvalue weighted by atomic mass is 9.82. The van der Waals surface area contributed by atoms with Crippen LogP contribution in [0, 0.1) is 0 Å². The van der Waals surface area contributed by atoms with Gasteiger partial charge in [-0.3, -0.25) is 14.5 Å². The van der Waals surface area contributed by atoms with Gasteiger partial charge in [0.1, 0.15) is 11.3 Å². The number of rotatable bonds is 7. The molecule has 2 N–H and O–H groups in total. The van der Waals surface area contributed by atoms with E-state index in [2.05, 4.69) is 15.7 Å². The molecule has 1 aromatic carbocycles. The molecule has 0 bridgehead atoms. The van der Waals surface area contributed by atoms with E-state index in [9.17, 15) is 14.4 Å². The van der Waals surface area contributed by atoms with Crippen molar-refractivity contribution in [3.8, 4) is 11.4 Å². The van der Waals surface area contributed by atoms with Crippen LogP contribution in [0.25, 0.3) is 5.69 Å². The van der Waals surface area contributed by atoms with Gasteiger partial charge in [0.2, 0.25) is 5.91 Å². The first-order chi connectivity index (χ1) is 15.0. The minimum atomic E-state index is -0.750. The van der Waals surface area contributed by atoms with Crippen LogP contribution in [0.3, 0.4) is 0 Å². The van der Waals surface area contributed by atoms with Gasteiger partial charge in [0.15, 0.2) is 0 Å². The number of imide groups is 1. The number of benzene rings is 1. The van der Waals surface area contributed by atoms with Gasteiger partial charge in [-0.25, -0.2) is 9.48 Å². The van der Waals surface area contributed by atoms with Gasteiger partial charge >= 0.3 is 6.03 Å². The number of urea groups is 1. The van der Waals surface area contributed by atoms with Crippen molar-refractivity contribution >= 4 is 17.8 Å². The number of hydrogen-bond acceptors (Lipinski definition) is 5. The molecule has 0 unspecified atom stereocenters. The summed E-state index contributed by atoms with van der Waals surface area (Å²) in [6, 6.07) is 8.93. The summed E-state index contributed by atoms with van der Waals surface area (Å²) in [5.41, 5.74) is 0.842. The maximum atomic E-state index is 12.8. The summed E-state index contributed by atoms with van der Waals surface area (Å²) in [6.45, 7) is 0.352. The fourth-order valence-electron chi connectivity index (χ4n) is 4.20. The number of hydrogen-bond donors (Lipinski definition) is 2. The van der Waals surface area contributed by atoms with Crippen LogP contribution in [0.5, 0.6) is 5.75 Å². The van der Waals surface area contributed by atoms with Gasteiger partial charge < -0.3 is 15.4 Å². The fourth-order valence-corrected chi connectivity index (χ4v) is 4.20. The van der Waals surface area contributed by atoms with E-state index >= 15 is 0 Å². The monoisotopic (exact) mass is 425 g/mol. The Balaban J connectivity index is 1.26. The van der Waals surface area contributed by atoms with Crippen molar-refractivity contribution in [2.45, 2.75) is 50.6 Å². The molecule has 1 aliphatic carbocycles. The summed E-state index contributed by atoms with van der Waals surface area (Å²) in [6.07, 6.45) is 6.19. The van der Waals surface area contributed by atoms with Crippen molar-refractivity contribution in [2.24, 2.45) is 0 Å². The summed E-state index contributed by atoms with van der Waals surface area (Å²) in [4.78, 5) is 38.5. The number of nitrogens with one attached hydrogen (secondary N) is 2. The molecule has 2 heterocycles. The molecule has 2 aliphatic rings. The molecule has 4 rings (SSSR count). The lowest BCUT2D eigenvalue weighted by Gasteiger charge is -2.30. The Morgan fingerprint density at radius 1 is 1.16 bits per heavy atom. The van der Waals surface area contributed by atoms with Crippen molar-refractivity contribution in [3.63, 3.8) is 0 Å². The van der Waals surface area contributed by atoms with Gasteiger partial charge in [-0.2, -0.15) is 5.10 Å². The van der Waals surface area contributed by atoms with Crippen molar-refractivity contribution in [1.29, 1.82) is 0 Å². The molecule has 2 fully saturated rings. The van der Waals surface area contributed by atoms with Crippen LogP contribution in [0.1, 0.15) is 44.2 Å². The molecule has 2 aromatic rings. The fraction of sp³-hybridized carbons (Fsp3) is 0.455. The molecule has 164 valence electrons. The Morgan fingerprint density at radius 2 is 1.90 bits per heavy atom. The number of methoxy groups -OCH3 is 1. The molecule has 0 atom stereocenters. The second-order valence-electron chi connectivity index (χ2n) is 8.01. The summed E-state index contributed by atoms with van der Waals surface area (Å²) >= 11 is 0. The Bertz CT molecular complexity index is 963. The number of aromatic nitrogens is 2. The van der Waals surface area contributed by atoms with Gasteiger partial charge in [-0.05, 0) is 43.2 Å². The van der Waals surface area contributed by atoms with E-state index in [4.69, 9.17) is 4.74 Å². The Kier molecular flexibility index (Phi) is 5.92. The maximum Gasteiger partial charge on any atom is 0.325 e. The topological polar surface area (TPSA) is 106 Å². The number of ether oxygens (including phenoxy) is 1. The van der Waals surface area contributed by atoms with Crippen molar-refractivity contribution in [3.05, 3.63) is 42.2 Å². The first-order valence-corrected chi connectivity index (χ1v) is 10.6. The van der Waals surface area contributed by atoms with E-state index in [1.54, 1.807) is 11.8 Å². The Hall–Kier alpha value is -3.36. The molecular formula is C22H27N5O4. The summed E-state index contributed by atoms with van der Waals surface area (Å²) in [7, 11) is 1.61. The molecule has 1 spiro atoms. The average Bonchev–Trinajstić information content (AvgIpc) is 3.35. The lowest BCUT2D eigenvalue weighted by Crippen LogP contribution is -2.48. The summed E-state index contributed by atoms with van der Waals surface area (Å²) in [5, 5.41) is 10.1. The van der Waals surface area contributed by atoms with Crippen molar-refractivity contribution < 1.29 is 19.1 Å². The molecule has 0 radical (unpaired) electrons. The van der Waals surface area contributed by atoms with Crippen LogP contribution < -0.4 is 15.4 Å². The van der Waals surface area contributed by atoms with E-state index in [0.29, 0.717) is 18.5 Å². The zero-order valence-electron chi connectivity index (χ0n) is 17.6. The number of amides is 4. The van der Waals surface area contributed by atoms with Crippen LogP contribution in [-0.2, 0) is 16.1 Å². The summed E-state index contributed by atoms with van der Waals surface area (Å²) < 4.78 is 6.87. The van der Waals surface area contributed by atoms with Crippen molar-refractivity contribution in [2.75, 3.05) is 13.7 Å². The lowest BCUT2D eigenvalue weighted by molar-refractivity contribution is -0.132. The van der Waals surface area contributed by atoms with E-state index in [0.717, 1.165) is 30.7 Å². The standard InChI is InChI=1S/C22H27N5O4/c1-31-18-7-5-17(6-8-18)27-14-9-16(25-27)15-23-19(28)10-13-26-20(29)22(24-21(26)30)11-3-2-4-12-22/h5-9,14H,2-4,10-13,15H2,1H3,(H,23,28)(H,24,30). The van der Waals surface area contributed by atoms with Crippen LogP contribution >= 0.6 is 0 Å². The van der Waals surface area contributed by atoms with E-state index < -0.39 is 11.6 Å². The molecule has 9 heteroatoms. The zero-order valence-corrected chi connectivity index (χ0v) is 17.6. The second kappa shape index (κ2) is 8.79. The quantitative estimate of drug-likeness (QED) is 0.661. The second-order valence-corrected chi connectivity index (χ2v) is 8.01. The molecular weight excluding hydrogens is 398 g/mol. The minimum Gasteiger partial charge on any atom is -0.497 e. The molecule has 1 saturated carbocycles. The molecule has 9 nitrogen and oxygen atoms in total. The highest BCUT2D eigenvalue weighted by Crippen LogP contribution is 2.33. The van der Waals surface area contributed by atoms with Crippen LogP contribution in [0.4, 0.5) is 4.79 Å². The third-order valence-electron chi connectivity index (χ3n) is 5.96. The largest absolute Gasteiger partial charge is 0.497 e. The van der Waals surface area contributed by atoms with E-state index in [-0.39, 0.29) is 31.3 Å². The van der Waals surface area contributed by atoms with Gasteiger partial charge in [0.25, 0.3) is 5.91 Å². The Labute approximate surface area is 180 Å². The maximum absolute atomic E-state index is 12.8. The Morgan fingerprint density at radius 3 is 2.61 bits per heavy atom. The van der Waals surface area contributed by atoms with Gasteiger partial charge in [0.05, 0.1) is 25.0 Å². The molecule has 1 aliphatic heterocycles. The first-order valence-electron chi connectivity index (χ1n) is 10.6. The first kappa shape index (κ1) is 20.9. The summed E-state index contributed by atoms with van der Waals surface area (Å²) in [5.74, 6) is 0.343. The molecule has 4 amide bonds. The normalized spacial score (nSPS) is 17.6. The van der Waals surface area contributed by atoms with Crippen molar-refractivity contribution in [1.82, 2.24) is 25.3 Å². The third kappa shape index (κ3) is 4.40.